The number of hydrogen-bond acceptors (Lipinski definition) is 8. The second kappa shape index (κ2) is 11.8. The van der Waals surface area contributed by atoms with Crippen LogP contribution in [0.4, 0.5) is 4.39 Å². The Bertz CT molecular complexity index is 1200. The van der Waals surface area contributed by atoms with Crippen molar-refractivity contribution in [3.8, 4) is 5.75 Å². The Hall–Kier alpha value is -2.01. The van der Waals surface area contributed by atoms with E-state index >= 15 is 4.39 Å². The Morgan fingerprint density at radius 1 is 1.24 bits per heavy atom. The minimum atomic E-state index is -1.36. The van der Waals surface area contributed by atoms with Gasteiger partial charge in [-0.15, -0.1) is 0 Å². The number of esters is 1. The number of carbonyl (C=O) groups excluding carboxylic acids is 2. The number of rotatable bonds is 9. The molecule has 42 heavy (non-hydrogen) atoms. The minimum absolute atomic E-state index is 0.0166. The number of hydrogen-bond donors (Lipinski definition) is 2. The van der Waals surface area contributed by atoms with Gasteiger partial charge in [-0.25, -0.2) is 9.18 Å². The molecule has 232 valence electrons. The summed E-state index contributed by atoms with van der Waals surface area (Å²) >= 11 is 0. The lowest BCUT2D eigenvalue weighted by atomic mass is 9.47. The molecule has 2 bridgehead atoms. The Labute approximate surface area is 249 Å². The highest BCUT2D eigenvalue weighted by Gasteiger charge is 2.59. The van der Waals surface area contributed by atoms with Crippen molar-refractivity contribution in [1.82, 2.24) is 4.90 Å². The highest BCUT2D eigenvalue weighted by molar-refractivity contribution is 6.61. The molecule has 2 aliphatic heterocycles. The zero-order valence-electron chi connectivity index (χ0n) is 25.8. The molecule has 8 nitrogen and oxygen atoms in total. The smallest absolute Gasteiger partial charge is 0.479 e. The van der Waals surface area contributed by atoms with Crippen LogP contribution >= 0.6 is 0 Å². The van der Waals surface area contributed by atoms with Gasteiger partial charge in [0.05, 0.1) is 12.7 Å². The largest absolute Gasteiger partial charge is 0.494 e. The third-order valence-electron chi connectivity index (χ3n) is 11.5. The van der Waals surface area contributed by atoms with E-state index in [1.54, 1.807) is 13.0 Å². The molecular formula is C32H47BFNO7. The number of Topliss-reactive ketones (excluding diaryl/α,β-unsaturated/α-hetero) is 1. The number of carbonyl (C=O) groups is 2. The van der Waals surface area contributed by atoms with Crippen LogP contribution < -0.4 is 10.2 Å². The Balaban J connectivity index is 1.41. The highest BCUT2D eigenvalue weighted by Crippen LogP contribution is 2.62. The van der Waals surface area contributed by atoms with Crippen LogP contribution in [0.3, 0.4) is 0 Å². The molecule has 5 rings (SSSR count). The predicted octanol–water partition coefficient (Wildman–Crippen LogP) is 3.63. The highest BCUT2D eigenvalue weighted by atomic mass is 19.1. The monoisotopic (exact) mass is 587 g/mol. The lowest BCUT2D eigenvalue weighted by Gasteiger charge is -2.61. The van der Waals surface area contributed by atoms with E-state index in [-0.39, 0.29) is 46.3 Å². The van der Waals surface area contributed by atoms with Crippen molar-refractivity contribution in [2.75, 3.05) is 26.2 Å². The third-order valence-corrected chi connectivity index (χ3v) is 11.5. The molecule has 0 amide bonds. The zero-order chi connectivity index (χ0) is 30.4. The molecule has 1 saturated heterocycles. The molecule has 3 fully saturated rings. The number of fused-ring (bicyclic) bond motifs is 3. The van der Waals surface area contributed by atoms with E-state index < -0.39 is 43.1 Å². The summed E-state index contributed by atoms with van der Waals surface area (Å²) in [5, 5.41) is 22.0. The molecule has 0 aromatic heterocycles. The first-order valence-electron chi connectivity index (χ1n) is 15.6. The predicted molar refractivity (Wildman–Crippen MR) is 157 cm³/mol. The number of ether oxygens (including phenoxy) is 2. The first-order chi connectivity index (χ1) is 19.8. The Morgan fingerprint density at radius 3 is 2.64 bits per heavy atom. The summed E-state index contributed by atoms with van der Waals surface area (Å²) in [7, 11) is -1.36. The second-order valence-electron chi connectivity index (χ2n) is 14.3. The minimum Gasteiger partial charge on any atom is -0.479 e. The lowest BCUT2D eigenvalue weighted by Crippen LogP contribution is -2.61. The number of likely N-dealkylation sites (tertiary alicyclic amines) is 1. The molecule has 2 heterocycles. The van der Waals surface area contributed by atoms with Gasteiger partial charge < -0.3 is 34.0 Å². The number of benzene rings is 1. The van der Waals surface area contributed by atoms with Gasteiger partial charge in [-0.05, 0) is 87.4 Å². The second-order valence-corrected chi connectivity index (χ2v) is 14.3. The van der Waals surface area contributed by atoms with Gasteiger partial charge in [-0.2, -0.15) is 0 Å². The number of halogens is 1. The van der Waals surface area contributed by atoms with Gasteiger partial charge in [0.1, 0.15) is 11.9 Å². The maximum absolute atomic E-state index is 15.1. The van der Waals surface area contributed by atoms with E-state index in [0.29, 0.717) is 31.4 Å². The van der Waals surface area contributed by atoms with Crippen LogP contribution in [0.1, 0.15) is 85.1 Å². The molecule has 7 atom stereocenters. The summed E-state index contributed by atoms with van der Waals surface area (Å²) in [5.74, 6) is -1.09. The molecule has 10 heteroatoms. The van der Waals surface area contributed by atoms with Gasteiger partial charge in [0.2, 0.25) is 0 Å². The van der Waals surface area contributed by atoms with Crippen molar-refractivity contribution >= 4 is 24.3 Å². The normalized spacial score (nSPS) is 36.4. The van der Waals surface area contributed by atoms with Crippen LogP contribution in [0.2, 0.25) is 0 Å². The molecule has 1 aromatic carbocycles. The van der Waals surface area contributed by atoms with Crippen molar-refractivity contribution < 1.29 is 38.2 Å². The fourth-order valence-corrected chi connectivity index (χ4v) is 8.34. The zero-order valence-corrected chi connectivity index (χ0v) is 25.8. The fraction of sp³-hybridized carbons (Fsp3) is 0.750. The van der Waals surface area contributed by atoms with Gasteiger partial charge in [-0.1, -0.05) is 33.8 Å². The molecule has 2 N–H and O–H groups in total. The number of aliphatic hydroxyl groups excluding tert-OH is 1. The summed E-state index contributed by atoms with van der Waals surface area (Å²) in [6, 6.07) is 3.06. The van der Waals surface area contributed by atoms with Crippen molar-refractivity contribution in [2.45, 2.75) is 98.4 Å². The average Bonchev–Trinajstić information content (AvgIpc) is 3.30. The van der Waals surface area contributed by atoms with E-state index in [2.05, 4.69) is 32.6 Å². The van der Waals surface area contributed by atoms with Crippen molar-refractivity contribution in [3.63, 3.8) is 0 Å². The van der Waals surface area contributed by atoms with Crippen molar-refractivity contribution in [3.05, 3.63) is 23.5 Å². The topological polar surface area (TPSA) is 106 Å². The SMILES string of the molecule is CC(=O)CC[C@]12CC[C@@H](C)[C@](C)(C1)[C@H](OC(=O)COc1ccc3c(c1F)B(O)OC3)C[C@@](C)(CN1CCC1)[C@@H](O)[C@@H]2C. The lowest BCUT2D eigenvalue weighted by molar-refractivity contribution is -0.198. The van der Waals surface area contributed by atoms with Crippen LogP contribution in [0.5, 0.6) is 5.75 Å². The summed E-state index contributed by atoms with van der Waals surface area (Å²) in [6.07, 6.45) is 4.29. The standard InChI is InChI=1S/C32H47BFNO7/c1-20-9-11-32(12-10-21(2)36)18-31(20,5)25(15-30(4,29(38)22(32)3)19-35-13-6-14-35)42-26(37)17-40-24-8-7-23-16-41-33(39)27(23)28(24)34/h7-8,20,22,25,29,38-39H,6,9-19H2,1-5H3/t20-,22+,25-,29+,30+,31+,32-/m1/s1. The van der Waals surface area contributed by atoms with Gasteiger partial charge in [-0.3, -0.25) is 0 Å². The van der Waals surface area contributed by atoms with E-state index in [1.807, 2.05) is 0 Å². The van der Waals surface area contributed by atoms with Gasteiger partial charge in [0, 0.05) is 29.3 Å². The fourth-order valence-electron chi connectivity index (χ4n) is 8.34. The maximum atomic E-state index is 15.1. The number of aliphatic hydroxyl groups is 1. The molecule has 1 aromatic rings. The molecule has 0 unspecified atom stereocenters. The van der Waals surface area contributed by atoms with Crippen LogP contribution in [0.25, 0.3) is 0 Å². The molecule has 0 spiro atoms. The third kappa shape index (κ3) is 5.76. The van der Waals surface area contributed by atoms with Crippen LogP contribution in [0.15, 0.2) is 12.1 Å². The van der Waals surface area contributed by atoms with Crippen LogP contribution in [0, 0.1) is 33.9 Å². The van der Waals surface area contributed by atoms with E-state index in [0.717, 1.165) is 38.8 Å². The molecule has 4 aliphatic rings. The number of ketones is 1. The first kappa shape index (κ1) is 31.4. The molecular weight excluding hydrogens is 540 g/mol. The van der Waals surface area contributed by atoms with E-state index in [1.165, 1.54) is 6.07 Å². The van der Waals surface area contributed by atoms with Gasteiger partial charge in [0.25, 0.3) is 0 Å². The summed E-state index contributed by atoms with van der Waals surface area (Å²) in [6.45, 7) is 12.6. The van der Waals surface area contributed by atoms with Crippen LogP contribution in [-0.2, 0) is 25.6 Å². The van der Waals surface area contributed by atoms with E-state index in [9.17, 15) is 19.7 Å². The van der Waals surface area contributed by atoms with Gasteiger partial charge >= 0.3 is 13.1 Å². The molecule has 2 aliphatic carbocycles. The first-order valence-corrected chi connectivity index (χ1v) is 15.6. The van der Waals surface area contributed by atoms with E-state index in [4.69, 9.17) is 14.1 Å². The Kier molecular flexibility index (Phi) is 8.85. The van der Waals surface area contributed by atoms with Gasteiger partial charge in [0.15, 0.2) is 18.2 Å². The van der Waals surface area contributed by atoms with Crippen molar-refractivity contribution in [1.29, 1.82) is 0 Å². The maximum Gasteiger partial charge on any atom is 0.494 e. The summed E-state index contributed by atoms with van der Waals surface area (Å²) in [4.78, 5) is 27.9. The summed E-state index contributed by atoms with van der Waals surface area (Å²) in [5.41, 5.74) is -0.577. The quantitative estimate of drug-likeness (QED) is 0.334. The summed E-state index contributed by atoms with van der Waals surface area (Å²) < 4.78 is 32.0. The molecule has 0 radical (unpaired) electrons. The molecule has 2 saturated carbocycles. The van der Waals surface area contributed by atoms with Crippen molar-refractivity contribution in [2.24, 2.45) is 28.1 Å². The van der Waals surface area contributed by atoms with Crippen LogP contribution in [-0.4, -0.2) is 72.4 Å². The average molecular weight is 588 g/mol. The Morgan fingerprint density at radius 2 is 1.98 bits per heavy atom. The number of nitrogens with zero attached hydrogens (tertiary/aromatic N) is 1.